The van der Waals surface area contributed by atoms with E-state index in [1.807, 2.05) is 0 Å². The third-order valence-corrected chi connectivity index (χ3v) is 10.9. The number of aliphatic hydroxyl groups excluding tert-OH is 15. The quantitative estimate of drug-likeness (QED) is 0.0412. The zero-order chi connectivity index (χ0) is 45.0. The Morgan fingerprint density at radius 3 is 1.34 bits per heavy atom. The van der Waals surface area contributed by atoms with E-state index in [0.717, 1.165) is 6.92 Å². The van der Waals surface area contributed by atoms with E-state index in [-0.39, 0.29) is 0 Å². The van der Waals surface area contributed by atoms with Crippen LogP contribution in [-0.4, -0.2) is 269 Å². The van der Waals surface area contributed by atoms with Crippen LogP contribution in [-0.2, 0) is 47.4 Å². The average molecular weight is 895 g/mol. The van der Waals surface area contributed by atoms with E-state index in [2.05, 4.69) is 15.3 Å². The van der Waals surface area contributed by atoms with Crippen LogP contribution in [0.3, 0.4) is 0 Å². The van der Waals surface area contributed by atoms with Crippen LogP contribution in [0.1, 0.15) is 6.92 Å². The average Bonchev–Trinajstić information content (AvgIpc) is 3.24. The smallest absolute Gasteiger partial charge is 0.217 e. The Kier molecular flexibility index (Phi) is 17.7. The Morgan fingerprint density at radius 2 is 0.885 bits per heavy atom. The fraction of sp³-hybridized carbons (Fsp3) is 0.969. The summed E-state index contributed by atoms with van der Waals surface area (Å²) >= 11 is 0. The summed E-state index contributed by atoms with van der Waals surface area (Å²) in [4.78, 5) is 14.9. The van der Waals surface area contributed by atoms with Gasteiger partial charge in [-0.1, -0.05) is 5.11 Å². The number of aliphatic hydroxyl groups is 15. The van der Waals surface area contributed by atoms with Gasteiger partial charge in [0.15, 0.2) is 31.4 Å². The molecule has 0 unspecified atom stereocenters. The molecule has 5 aliphatic rings. The molecule has 5 rings (SSSR count). The lowest BCUT2D eigenvalue weighted by atomic mass is 9.94. The molecule has 5 saturated heterocycles. The van der Waals surface area contributed by atoms with E-state index in [4.69, 9.17) is 48.2 Å². The van der Waals surface area contributed by atoms with Crippen molar-refractivity contribution in [3.8, 4) is 0 Å². The predicted octanol–water partition coefficient (Wildman–Crippen LogP) is -10.5. The SMILES string of the molecule is CC(=O)N[C@H]1[C@H](O[C@H]2[C@@H](O)[C@@H](CO)O[C@@H](O[C@H]3[C@H](O)[C@@H](O)[C@H](N=[N+]=[N-])O[C@@H]3CO)[C@@H]2O)O[C@H](CO)[C@@H](O[C@@H]2O[C@H](CO)[C@H](O)[C@H](O[C@H]3O[C@H](CO)[C@H](O)[C@H](O)[C@H]3O)[C@H]2O)[C@@H]1O. The fourth-order valence-electron chi connectivity index (χ4n) is 7.57. The maximum atomic E-state index is 12.4. The number of ether oxygens (including phenoxy) is 9. The van der Waals surface area contributed by atoms with Crippen LogP contribution in [0.2, 0.25) is 0 Å². The van der Waals surface area contributed by atoms with Gasteiger partial charge in [-0.25, -0.2) is 0 Å². The fourth-order valence-corrected chi connectivity index (χ4v) is 7.57. The largest absolute Gasteiger partial charge is 0.394 e. The topological polar surface area (TPSA) is 464 Å². The van der Waals surface area contributed by atoms with E-state index >= 15 is 0 Å². The molecule has 61 heavy (non-hydrogen) atoms. The monoisotopic (exact) mass is 894 g/mol. The highest BCUT2D eigenvalue weighted by Gasteiger charge is 2.57. The normalized spacial score (nSPS) is 49.5. The summed E-state index contributed by atoms with van der Waals surface area (Å²) in [5, 5.41) is 164. The van der Waals surface area contributed by atoms with Crippen molar-refractivity contribution in [2.24, 2.45) is 5.11 Å². The predicted molar refractivity (Wildman–Crippen MR) is 185 cm³/mol. The molecule has 5 heterocycles. The molecule has 0 aromatic carbocycles. The van der Waals surface area contributed by atoms with Gasteiger partial charge in [-0.05, 0) is 5.53 Å². The first-order valence-electron chi connectivity index (χ1n) is 19.0. The third-order valence-electron chi connectivity index (χ3n) is 10.9. The van der Waals surface area contributed by atoms with E-state index in [0.29, 0.717) is 0 Å². The van der Waals surface area contributed by atoms with Gasteiger partial charge in [-0.2, -0.15) is 0 Å². The lowest BCUT2D eigenvalue weighted by Crippen LogP contribution is -2.70. The van der Waals surface area contributed by atoms with E-state index in [1.54, 1.807) is 0 Å². The number of carbonyl (C=O) groups excluding carboxylic acids is 1. The maximum Gasteiger partial charge on any atom is 0.217 e. The number of rotatable bonds is 15. The zero-order valence-corrected chi connectivity index (χ0v) is 32.1. The molecule has 1 amide bonds. The van der Waals surface area contributed by atoms with Crippen molar-refractivity contribution in [2.75, 3.05) is 33.0 Å². The molecule has 29 nitrogen and oxygen atoms in total. The minimum atomic E-state index is -2.11. The highest BCUT2D eigenvalue weighted by molar-refractivity contribution is 5.73. The number of amides is 1. The third kappa shape index (κ3) is 10.5. The van der Waals surface area contributed by atoms with Gasteiger partial charge < -0.3 is 125 Å². The molecule has 0 saturated carbocycles. The second kappa shape index (κ2) is 21.7. The molecule has 0 aromatic heterocycles. The van der Waals surface area contributed by atoms with Gasteiger partial charge in [0.2, 0.25) is 5.91 Å². The second-order valence-corrected chi connectivity index (χ2v) is 14.9. The first-order chi connectivity index (χ1) is 29.0. The molecule has 0 bridgehead atoms. The maximum absolute atomic E-state index is 12.4. The minimum Gasteiger partial charge on any atom is -0.394 e. The van der Waals surface area contributed by atoms with Crippen molar-refractivity contribution in [1.29, 1.82) is 0 Å². The number of carbonyl (C=O) groups is 1. The molecule has 16 N–H and O–H groups in total. The first-order valence-corrected chi connectivity index (χ1v) is 19.0. The van der Waals surface area contributed by atoms with Gasteiger partial charge in [0.1, 0.15) is 122 Å². The summed E-state index contributed by atoms with van der Waals surface area (Å²) in [6, 6.07) is -1.74. The van der Waals surface area contributed by atoms with Crippen LogP contribution in [0, 0.1) is 0 Å². The van der Waals surface area contributed by atoms with Crippen LogP contribution in [0.15, 0.2) is 5.11 Å². The Hall–Kier alpha value is -2.18. The van der Waals surface area contributed by atoms with E-state index < -0.39 is 192 Å². The molecule has 5 aliphatic heterocycles. The molecule has 29 heteroatoms. The molecule has 25 atom stereocenters. The molecule has 5 fully saturated rings. The Bertz CT molecular complexity index is 1450. The molecular weight excluding hydrogens is 840 g/mol. The highest BCUT2D eigenvalue weighted by Crippen LogP contribution is 2.36. The summed E-state index contributed by atoms with van der Waals surface area (Å²) in [7, 11) is 0. The summed E-state index contributed by atoms with van der Waals surface area (Å²) in [5.74, 6) is -0.825. The van der Waals surface area contributed by atoms with Crippen molar-refractivity contribution < 1.29 is 124 Å². The summed E-state index contributed by atoms with van der Waals surface area (Å²) in [5.41, 5.74) is 8.77. The van der Waals surface area contributed by atoms with Crippen molar-refractivity contribution >= 4 is 5.91 Å². The standard InChI is InChI=1S/C32H54N4O25/c1-7(42)34-13-17(46)24(58-31-23(52)27(16(45)10(4-39)55-31)61-30-21(50)18(47)14(43)8(2-37)54-30)12(6-41)57-29(13)60-26-15(44)9(3-38)56-32(22(26)51)59-25-11(5-40)53-28(35-36-33)20(49)19(25)48/h8-32,37-41,43-52H,2-6H2,1H3,(H,34,42)/t8-,9-,10-,11-,12-,13-,14+,15+,16+,17-,18+,19-,20-,21-,22-,23-,24-,25-,26+,27+,28-,29+,30-,31+,32+/m1/s1. The molecule has 0 aliphatic carbocycles. The molecule has 0 aromatic rings. The van der Waals surface area contributed by atoms with Gasteiger partial charge >= 0.3 is 0 Å². The van der Waals surface area contributed by atoms with Crippen LogP contribution in [0.4, 0.5) is 0 Å². The lowest BCUT2D eigenvalue weighted by molar-refractivity contribution is -0.385. The number of hydrogen-bond donors (Lipinski definition) is 16. The van der Waals surface area contributed by atoms with E-state index in [9.17, 15) is 81.4 Å². The Morgan fingerprint density at radius 1 is 0.492 bits per heavy atom. The minimum absolute atomic E-state index is 0.825. The van der Waals surface area contributed by atoms with E-state index in [1.165, 1.54) is 0 Å². The summed E-state index contributed by atoms with van der Waals surface area (Å²) in [6.07, 6.45) is -44.2. The van der Waals surface area contributed by atoms with Gasteiger partial charge in [-0.15, -0.1) is 0 Å². The van der Waals surface area contributed by atoms with Gasteiger partial charge in [0.25, 0.3) is 0 Å². The van der Waals surface area contributed by atoms with Crippen LogP contribution >= 0.6 is 0 Å². The molecule has 0 spiro atoms. The lowest BCUT2D eigenvalue weighted by Gasteiger charge is -2.50. The van der Waals surface area contributed by atoms with Crippen molar-refractivity contribution in [1.82, 2.24) is 5.32 Å². The molecular formula is C32H54N4O25. The van der Waals surface area contributed by atoms with Gasteiger partial charge in [0, 0.05) is 11.8 Å². The highest BCUT2D eigenvalue weighted by atomic mass is 16.8. The van der Waals surface area contributed by atoms with Crippen molar-refractivity contribution in [2.45, 2.75) is 160 Å². The van der Waals surface area contributed by atoms with Crippen LogP contribution in [0.25, 0.3) is 10.4 Å². The van der Waals surface area contributed by atoms with Crippen molar-refractivity contribution in [3.63, 3.8) is 0 Å². The van der Waals surface area contributed by atoms with Crippen LogP contribution < -0.4 is 5.32 Å². The summed E-state index contributed by atoms with van der Waals surface area (Å²) in [6.45, 7) is -3.63. The first kappa shape index (κ1) is 49.8. The number of hydrogen-bond acceptors (Lipinski definition) is 26. The molecule has 0 radical (unpaired) electrons. The van der Waals surface area contributed by atoms with Crippen molar-refractivity contribution in [3.05, 3.63) is 10.4 Å². The zero-order valence-electron chi connectivity index (χ0n) is 32.1. The molecule has 352 valence electrons. The van der Waals surface area contributed by atoms with Gasteiger partial charge in [0.05, 0.1) is 33.0 Å². The van der Waals surface area contributed by atoms with Gasteiger partial charge in [-0.3, -0.25) is 4.79 Å². The summed E-state index contributed by atoms with van der Waals surface area (Å²) < 4.78 is 50.4. The number of nitrogens with one attached hydrogen (secondary N) is 1. The Labute approximate surface area is 344 Å². The number of azide groups is 1. The second-order valence-electron chi connectivity index (χ2n) is 14.9. The Balaban J connectivity index is 1.35. The van der Waals surface area contributed by atoms with Crippen LogP contribution in [0.5, 0.6) is 0 Å². The number of nitrogens with zero attached hydrogens (tertiary/aromatic N) is 3.